The Kier molecular flexibility index (Phi) is 5.93. The predicted molar refractivity (Wildman–Crippen MR) is 100 cm³/mol. The molecule has 1 aliphatic heterocycles. The van der Waals surface area contributed by atoms with Crippen molar-refractivity contribution in [1.82, 2.24) is 20.0 Å². The van der Waals surface area contributed by atoms with E-state index in [1.165, 1.54) is 0 Å². The molecule has 2 heterocycles. The van der Waals surface area contributed by atoms with Crippen LogP contribution in [0.2, 0.25) is 5.02 Å². The molecule has 7 heteroatoms. The van der Waals surface area contributed by atoms with Crippen molar-refractivity contribution in [2.45, 2.75) is 39.3 Å². The summed E-state index contributed by atoms with van der Waals surface area (Å²) < 4.78 is 1.65. The van der Waals surface area contributed by atoms with E-state index in [0.29, 0.717) is 42.6 Å². The topological polar surface area (TPSA) is 67.2 Å². The van der Waals surface area contributed by atoms with Gasteiger partial charge in [-0.3, -0.25) is 14.3 Å². The molecular formula is C19H23ClN4O2. The monoisotopic (exact) mass is 374 g/mol. The van der Waals surface area contributed by atoms with Gasteiger partial charge in [-0.05, 0) is 30.5 Å². The second-order valence-electron chi connectivity index (χ2n) is 6.45. The number of carbonyl (C=O) groups is 2. The smallest absolute Gasteiger partial charge is 0.272 e. The number of unbranched alkanes of at least 4 members (excludes halogenated alkanes) is 1. The quantitative estimate of drug-likeness (QED) is 0.790. The van der Waals surface area contributed by atoms with E-state index < -0.39 is 0 Å². The van der Waals surface area contributed by atoms with Gasteiger partial charge in [0.2, 0.25) is 0 Å². The van der Waals surface area contributed by atoms with Crippen LogP contribution in [-0.4, -0.2) is 39.6 Å². The van der Waals surface area contributed by atoms with E-state index in [-0.39, 0.29) is 11.8 Å². The lowest BCUT2D eigenvalue weighted by molar-refractivity contribution is 0.0745. The molecule has 1 aliphatic rings. The Balaban J connectivity index is 1.74. The highest BCUT2D eigenvalue weighted by Gasteiger charge is 2.26. The maximum absolute atomic E-state index is 12.9. The third-order valence-corrected chi connectivity index (χ3v) is 4.67. The number of hydrogen-bond acceptors (Lipinski definition) is 3. The molecule has 3 rings (SSSR count). The molecule has 1 N–H and O–H groups in total. The number of amides is 2. The van der Waals surface area contributed by atoms with Gasteiger partial charge in [-0.1, -0.05) is 37.1 Å². The first-order valence-electron chi connectivity index (χ1n) is 8.98. The Morgan fingerprint density at radius 3 is 2.77 bits per heavy atom. The summed E-state index contributed by atoms with van der Waals surface area (Å²) in [5, 5.41) is 7.85. The number of hydrogen-bond donors (Lipinski definition) is 1. The third-order valence-electron chi connectivity index (χ3n) is 4.42. The molecule has 0 unspecified atom stereocenters. The maximum Gasteiger partial charge on any atom is 0.272 e. The van der Waals surface area contributed by atoms with Crippen molar-refractivity contribution in [1.29, 1.82) is 0 Å². The summed E-state index contributed by atoms with van der Waals surface area (Å²) in [6.07, 6.45) is 2.73. The molecule has 1 aromatic carbocycles. The Morgan fingerprint density at radius 2 is 2.04 bits per heavy atom. The molecular weight excluding hydrogens is 352 g/mol. The summed E-state index contributed by atoms with van der Waals surface area (Å²) in [6, 6.07) is 9.09. The summed E-state index contributed by atoms with van der Waals surface area (Å²) in [6.45, 7) is 4.48. The van der Waals surface area contributed by atoms with Crippen molar-refractivity contribution in [2.75, 3.05) is 13.1 Å². The molecule has 138 valence electrons. The number of aryl methyl sites for hydroxylation is 1. The van der Waals surface area contributed by atoms with Gasteiger partial charge in [0.15, 0.2) is 5.69 Å². The van der Waals surface area contributed by atoms with Crippen molar-refractivity contribution in [3.63, 3.8) is 0 Å². The van der Waals surface area contributed by atoms with Crippen LogP contribution in [0.5, 0.6) is 0 Å². The minimum Gasteiger partial charge on any atom is -0.351 e. The van der Waals surface area contributed by atoms with Crippen molar-refractivity contribution < 1.29 is 9.59 Å². The molecule has 26 heavy (non-hydrogen) atoms. The molecule has 0 spiro atoms. The molecule has 6 nitrogen and oxygen atoms in total. The zero-order chi connectivity index (χ0) is 18.5. The van der Waals surface area contributed by atoms with Crippen LogP contribution in [0, 0.1) is 0 Å². The Bertz CT molecular complexity index is 785. The minimum atomic E-state index is -0.226. The fourth-order valence-corrected chi connectivity index (χ4v) is 3.10. The molecule has 2 aromatic rings. The average Bonchev–Trinajstić information content (AvgIpc) is 3.00. The number of nitrogens with one attached hydrogen (secondary N) is 1. The lowest BCUT2D eigenvalue weighted by Crippen LogP contribution is -2.30. The van der Waals surface area contributed by atoms with E-state index in [1.54, 1.807) is 15.6 Å². The predicted octanol–water partition coefficient (Wildman–Crippen LogP) is 3.11. The largest absolute Gasteiger partial charge is 0.351 e. The standard InChI is InChI=1S/C19H23ClN4O2/c1-2-3-9-21-18(25)16-12-17-19(26)23(10-4-11-24(17)22-16)13-14-5-7-15(20)8-6-14/h5-8,12H,2-4,9-11,13H2,1H3,(H,21,25). The number of benzene rings is 1. The molecule has 0 atom stereocenters. The molecule has 0 saturated heterocycles. The van der Waals surface area contributed by atoms with Gasteiger partial charge in [0.05, 0.1) is 0 Å². The third kappa shape index (κ3) is 4.25. The zero-order valence-electron chi connectivity index (χ0n) is 14.9. The summed E-state index contributed by atoms with van der Waals surface area (Å²) in [4.78, 5) is 26.9. The minimum absolute atomic E-state index is 0.0995. The molecule has 0 aliphatic carbocycles. The summed E-state index contributed by atoms with van der Waals surface area (Å²) in [5.41, 5.74) is 1.79. The summed E-state index contributed by atoms with van der Waals surface area (Å²) in [7, 11) is 0. The summed E-state index contributed by atoms with van der Waals surface area (Å²) in [5.74, 6) is -0.325. The molecule has 0 bridgehead atoms. The molecule has 0 radical (unpaired) electrons. The van der Waals surface area contributed by atoms with E-state index in [1.807, 2.05) is 24.3 Å². The van der Waals surface area contributed by atoms with E-state index >= 15 is 0 Å². The van der Waals surface area contributed by atoms with Crippen LogP contribution in [0.25, 0.3) is 0 Å². The number of aromatic nitrogens is 2. The van der Waals surface area contributed by atoms with Crippen LogP contribution in [-0.2, 0) is 13.1 Å². The Morgan fingerprint density at radius 1 is 1.27 bits per heavy atom. The van der Waals surface area contributed by atoms with Gasteiger partial charge in [-0.2, -0.15) is 5.10 Å². The van der Waals surface area contributed by atoms with Crippen LogP contribution in [0.3, 0.4) is 0 Å². The maximum atomic E-state index is 12.9. The SMILES string of the molecule is CCCCNC(=O)c1cc2n(n1)CCCN(Cc1ccc(Cl)cc1)C2=O. The second-order valence-corrected chi connectivity index (χ2v) is 6.89. The van der Waals surface area contributed by atoms with E-state index in [0.717, 1.165) is 24.8 Å². The van der Waals surface area contributed by atoms with Crippen LogP contribution in [0.1, 0.15) is 52.7 Å². The summed E-state index contributed by atoms with van der Waals surface area (Å²) >= 11 is 5.92. The van der Waals surface area contributed by atoms with Crippen LogP contribution >= 0.6 is 11.6 Å². The number of nitrogens with zero attached hydrogens (tertiary/aromatic N) is 3. The molecule has 0 fully saturated rings. The highest BCUT2D eigenvalue weighted by molar-refractivity contribution is 6.30. The Hall–Kier alpha value is -2.34. The fraction of sp³-hybridized carbons (Fsp3) is 0.421. The van der Waals surface area contributed by atoms with Gasteiger partial charge in [0.1, 0.15) is 5.69 Å². The zero-order valence-corrected chi connectivity index (χ0v) is 15.6. The number of fused-ring (bicyclic) bond motifs is 1. The van der Waals surface area contributed by atoms with E-state index in [9.17, 15) is 9.59 Å². The second kappa shape index (κ2) is 8.36. The first-order valence-corrected chi connectivity index (χ1v) is 9.36. The van der Waals surface area contributed by atoms with Crippen LogP contribution in [0.15, 0.2) is 30.3 Å². The molecule has 2 amide bonds. The first kappa shape index (κ1) is 18.5. The highest BCUT2D eigenvalue weighted by Crippen LogP contribution is 2.18. The van der Waals surface area contributed by atoms with Crippen molar-refractivity contribution >= 4 is 23.4 Å². The average molecular weight is 375 g/mol. The van der Waals surface area contributed by atoms with Gasteiger partial charge in [-0.15, -0.1) is 0 Å². The highest BCUT2D eigenvalue weighted by atomic mass is 35.5. The Labute approximate surface area is 158 Å². The molecule has 1 aromatic heterocycles. The van der Waals surface area contributed by atoms with Crippen molar-refractivity contribution in [3.8, 4) is 0 Å². The number of rotatable bonds is 6. The van der Waals surface area contributed by atoms with Crippen LogP contribution < -0.4 is 5.32 Å². The van der Waals surface area contributed by atoms with Crippen molar-refractivity contribution in [2.24, 2.45) is 0 Å². The normalized spacial score (nSPS) is 14.1. The van der Waals surface area contributed by atoms with Gasteiger partial charge >= 0.3 is 0 Å². The fourth-order valence-electron chi connectivity index (χ4n) is 2.98. The lowest BCUT2D eigenvalue weighted by Gasteiger charge is -2.20. The number of carbonyl (C=O) groups excluding carboxylic acids is 2. The van der Waals surface area contributed by atoms with Gasteiger partial charge in [0, 0.05) is 37.3 Å². The van der Waals surface area contributed by atoms with Gasteiger partial charge < -0.3 is 10.2 Å². The van der Waals surface area contributed by atoms with Crippen LogP contribution in [0.4, 0.5) is 0 Å². The van der Waals surface area contributed by atoms with Crippen molar-refractivity contribution in [3.05, 3.63) is 52.3 Å². The lowest BCUT2D eigenvalue weighted by atomic mass is 10.2. The molecule has 0 saturated carbocycles. The van der Waals surface area contributed by atoms with E-state index in [4.69, 9.17) is 11.6 Å². The number of halogens is 1. The van der Waals surface area contributed by atoms with Gasteiger partial charge in [0.25, 0.3) is 11.8 Å². The van der Waals surface area contributed by atoms with E-state index in [2.05, 4.69) is 17.3 Å². The first-order chi connectivity index (χ1) is 12.6. The van der Waals surface area contributed by atoms with Gasteiger partial charge in [-0.25, -0.2) is 0 Å².